The summed E-state index contributed by atoms with van der Waals surface area (Å²) in [6.45, 7) is 6.06. The molecule has 1 aromatic carbocycles. The van der Waals surface area contributed by atoms with Crippen LogP contribution in [0.15, 0.2) is 24.3 Å². The first-order valence-electron chi connectivity index (χ1n) is 6.23. The topological polar surface area (TPSA) is 75.3 Å². The number of hydrogen-bond donors (Lipinski definition) is 3. The van der Waals surface area contributed by atoms with E-state index in [0.29, 0.717) is 37.4 Å². The Morgan fingerprint density at radius 1 is 1.28 bits per heavy atom. The number of nitrogens with two attached hydrogens (primary N) is 1. The lowest BCUT2D eigenvalue weighted by Gasteiger charge is -2.27. The maximum absolute atomic E-state index is 11.8. The number of amides is 1. The Bertz CT molecular complexity index is 386. The molecule has 0 spiro atoms. The molecule has 5 nitrogen and oxygen atoms in total. The number of carbonyl (C=O) groups excluding carboxylic acids is 1. The summed E-state index contributed by atoms with van der Waals surface area (Å²) in [7, 11) is 0. The molecule has 100 valence electrons. The summed E-state index contributed by atoms with van der Waals surface area (Å²) in [5, 5.41) is 12.8. The van der Waals surface area contributed by atoms with E-state index in [1.54, 1.807) is 24.3 Å². The normalized spacial score (nSPS) is 11.3. The molecule has 0 atom stereocenters. The van der Waals surface area contributed by atoms with E-state index in [-0.39, 0.29) is 10.6 Å². The van der Waals surface area contributed by atoms with Crippen LogP contribution in [-0.4, -0.2) is 41.9 Å². The molecule has 0 saturated heterocycles. The number of rotatable bonds is 6. The van der Waals surface area contributed by atoms with Crippen LogP contribution in [0.2, 0.25) is 0 Å². The van der Waals surface area contributed by atoms with Gasteiger partial charge in [-0.1, -0.05) is 0 Å². The summed E-state index contributed by atoms with van der Waals surface area (Å²) < 4.78 is -0.0258. The van der Waals surface area contributed by atoms with Crippen molar-refractivity contribution in [2.24, 2.45) is 0 Å². The molecule has 5 heteroatoms. The third-order valence-electron chi connectivity index (χ3n) is 3.16. The van der Waals surface area contributed by atoms with Crippen LogP contribution in [0.25, 0.3) is 0 Å². The van der Waals surface area contributed by atoms with Crippen LogP contribution in [0, 0.1) is 0 Å². The van der Waals surface area contributed by atoms with Crippen molar-refractivity contribution < 1.29 is 14.6 Å². The maximum Gasteiger partial charge on any atom is 0.251 e. The van der Waals surface area contributed by atoms with Crippen molar-refractivity contribution in [3.05, 3.63) is 29.8 Å². The third-order valence-corrected chi connectivity index (χ3v) is 3.16. The molecule has 0 aliphatic heterocycles. The van der Waals surface area contributed by atoms with Gasteiger partial charge in [0.15, 0.2) is 0 Å². The fourth-order valence-electron chi connectivity index (χ4n) is 1.65. The lowest BCUT2D eigenvalue weighted by Crippen LogP contribution is -2.48. The average Bonchev–Trinajstić information content (AvgIpc) is 2.39. The Morgan fingerprint density at radius 3 is 2.33 bits per heavy atom. The molecule has 0 radical (unpaired) electrons. The zero-order valence-corrected chi connectivity index (χ0v) is 11.0. The fraction of sp³-hybridized carbons (Fsp3) is 0.462. The second kappa shape index (κ2) is 6.37. The number of nitrogens with zero attached hydrogens (tertiary/aromatic N) is 1. The lowest BCUT2D eigenvalue weighted by atomic mass is 10.2. The zero-order chi connectivity index (χ0) is 13.6. The monoisotopic (exact) mass is 252 g/mol. The molecule has 0 saturated carbocycles. The number of nitrogens with one attached hydrogen (secondary N) is 1. The second-order valence-corrected chi connectivity index (χ2v) is 4.33. The molecular formula is C13H22N3O2+. The van der Waals surface area contributed by atoms with Gasteiger partial charge in [0, 0.05) is 11.3 Å². The first kappa shape index (κ1) is 14.5. The van der Waals surface area contributed by atoms with Gasteiger partial charge in [0.25, 0.3) is 5.91 Å². The third kappa shape index (κ3) is 4.01. The largest absolute Gasteiger partial charge is 0.399 e. The minimum Gasteiger partial charge on any atom is -0.399 e. The maximum atomic E-state index is 11.8. The fourth-order valence-corrected chi connectivity index (χ4v) is 1.65. The van der Waals surface area contributed by atoms with Gasteiger partial charge in [-0.3, -0.25) is 4.79 Å². The lowest BCUT2D eigenvalue weighted by molar-refractivity contribution is -1.10. The molecule has 0 aliphatic rings. The molecule has 0 unspecified atom stereocenters. The van der Waals surface area contributed by atoms with Crippen molar-refractivity contribution in [1.82, 2.24) is 5.32 Å². The molecule has 0 fully saturated rings. The highest BCUT2D eigenvalue weighted by molar-refractivity contribution is 5.94. The van der Waals surface area contributed by atoms with Crippen LogP contribution in [-0.2, 0) is 0 Å². The van der Waals surface area contributed by atoms with E-state index in [1.165, 1.54) is 0 Å². The number of likely N-dealkylation sites (N-methyl/N-ethyl adjacent to an activating group) is 1. The van der Waals surface area contributed by atoms with Crippen LogP contribution in [0.1, 0.15) is 24.2 Å². The highest BCUT2D eigenvalue weighted by atomic mass is 16.5. The summed E-state index contributed by atoms with van der Waals surface area (Å²) in [5.41, 5.74) is 6.76. The molecule has 0 aromatic heterocycles. The minimum absolute atomic E-state index is 0.0258. The molecule has 1 amide bonds. The average molecular weight is 252 g/mol. The molecule has 1 rings (SSSR count). The SMILES string of the molecule is CC[N+](O)(CC)CCNC(=O)c1ccc(N)cc1. The van der Waals surface area contributed by atoms with Gasteiger partial charge < -0.3 is 11.1 Å². The number of nitrogen functional groups attached to an aromatic ring is 1. The smallest absolute Gasteiger partial charge is 0.251 e. The standard InChI is InChI=1S/C13H21N3O2/c1-3-16(18,4-2)10-9-15-13(17)11-5-7-12(14)8-6-11/h5-8,18H,3-4,9-10H2,1-2H3,(H2-,14,15,17)/p+1. The van der Waals surface area contributed by atoms with Gasteiger partial charge in [0.1, 0.15) is 19.6 Å². The Hall–Kier alpha value is -1.59. The number of quaternary nitrogens is 1. The van der Waals surface area contributed by atoms with Crippen molar-refractivity contribution >= 4 is 11.6 Å². The number of carbonyl (C=O) groups is 1. The number of hydrogen-bond acceptors (Lipinski definition) is 3. The van der Waals surface area contributed by atoms with Crippen LogP contribution < -0.4 is 11.1 Å². The highest BCUT2D eigenvalue weighted by Gasteiger charge is 2.20. The minimum atomic E-state index is -0.145. The Balaban J connectivity index is 2.44. The highest BCUT2D eigenvalue weighted by Crippen LogP contribution is 2.05. The zero-order valence-electron chi connectivity index (χ0n) is 11.0. The van der Waals surface area contributed by atoms with Crippen LogP contribution in [0.5, 0.6) is 0 Å². The second-order valence-electron chi connectivity index (χ2n) is 4.33. The summed E-state index contributed by atoms with van der Waals surface area (Å²) in [5.74, 6) is -0.145. The van der Waals surface area contributed by atoms with Crippen molar-refractivity contribution in [3.63, 3.8) is 0 Å². The van der Waals surface area contributed by atoms with Gasteiger partial charge in [0.2, 0.25) is 0 Å². The van der Waals surface area contributed by atoms with Gasteiger partial charge in [-0.15, -0.1) is 0 Å². The van der Waals surface area contributed by atoms with Gasteiger partial charge in [-0.2, -0.15) is 4.65 Å². The van der Waals surface area contributed by atoms with E-state index >= 15 is 0 Å². The van der Waals surface area contributed by atoms with Crippen LogP contribution in [0.4, 0.5) is 5.69 Å². The predicted molar refractivity (Wildman–Crippen MR) is 71.2 cm³/mol. The van der Waals surface area contributed by atoms with Crippen molar-refractivity contribution in [2.45, 2.75) is 13.8 Å². The van der Waals surface area contributed by atoms with Gasteiger partial charge >= 0.3 is 0 Å². The summed E-state index contributed by atoms with van der Waals surface area (Å²) in [6, 6.07) is 6.76. The van der Waals surface area contributed by atoms with Crippen LogP contribution in [0.3, 0.4) is 0 Å². The predicted octanol–water partition coefficient (Wildman–Crippen LogP) is 1.24. The molecular weight excluding hydrogens is 230 g/mol. The molecule has 0 bridgehead atoms. The quantitative estimate of drug-likeness (QED) is 0.405. The summed E-state index contributed by atoms with van der Waals surface area (Å²) >= 11 is 0. The molecule has 18 heavy (non-hydrogen) atoms. The van der Waals surface area contributed by atoms with E-state index in [2.05, 4.69) is 5.32 Å². The van der Waals surface area contributed by atoms with Gasteiger partial charge in [-0.25, -0.2) is 5.21 Å². The van der Waals surface area contributed by atoms with E-state index in [9.17, 15) is 10.0 Å². The number of benzene rings is 1. The first-order valence-corrected chi connectivity index (χ1v) is 6.23. The molecule has 0 aliphatic carbocycles. The molecule has 0 heterocycles. The van der Waals surface area contributed by atoms with Crippen molar-refractivity contribution in [3.8, 4) is 0 Å². The van der Waals surface area contributed by atoms with E-state index in [4.69, 9.17) is 5.73 Å². The van der Waals surface area contributed by atoms with Crippen LogP contribution >= 0.6 is 0 Å². The Kier molecular flexibility index (Phi) is 5.12. The van der Waals surface area contributed by atoms with Crippen molar-refractivity contribution in [1.29, 1.82) is 0 Å². The Morgan fingerprint density at radius 2 is 1.83 bits per heavy atom. The van der Waals surface area contributed by atoms with E-state index in [1.807, 2.05) is 13.8 Å². The van der Waals surface area contributed by atoms with Crippen molar-refractivity contribution in [2.75, 3.05) is 31.9 Å². The molecule has 4 N–H and O–H groups in total. The van der Waals surface area contributed by atoms with Gasteiger partial charge in [0.05, 0.1) is 6.54 Å². The van der Waals surface area contributed by atoms with Gasteiger partial charge in [-0.05, 0) is 38.1 Å². The first-order chi connectivity index (χ1) is 8.50. The van der Waals surface area contributed by atoms with E-state index < -0.39 is 0 Å². The summed E-state index contributed by atoms with van der Waals surface area (Å²) in [6.07, 6.45) is 0. The number of anilines is 1. The Labute approximate surface area is 108 Å². The molecule has 1 aromatic rings. The summed E-state index contributed by atoms with van der Waals surface area (Å²) in [4.78, 5) is 11.8. The number of hydroxylamine groups is 3. The van der Waals surface area contributed by atoms with E-state index in [0.717, 1.165) is 0 Å².